The van der Waals surface area contributed by atoms with Gasteiger partial charge in [0.05, 0.1) is 9.75 Å². The molecule has 1 N–H and O–H groups in total. The summed E-state index contributed by atoms with van der Waals surface area (Å²) in [6.45, 7) is 1.59. The SMILES string of the molecule is O=C(c1ccc(C#CCO)s1)N1CCCCCCC1. The van der Waals surface area contributed by atoms with Gasteiger partial charge in [0.2, 0.25) is 0 Å². The summed E-state index contributed by atoms with van der Waals surface area (Å²) in [6.07, 6.45) is 5.95. The van der Waals surface area contributed by atoms with Crippen molar-refractivity contribution in [3.05, 3.63) is 21.9 Å². The van der Waals surface area contributed by atoms with E-state index >= 15 is 0 Å². The molecule has 102 valence electrons. The summed E-state index contributed by atoms with van der Waals surface area (Å²) in [6, 6.07) is 3.69. The van der Waals surface area contributed by atoms with Gasteiger partial charge in [-0.25, -0.2) is 0 Å². The van der Waals surface area contributed by atoms with E-state index < -0.39 is 0 Å². The summed E-state index contributed by atoms with van der Waals surface area (Å²) in [4.78, 5) is 15.9. The molecule has 0 saturated carbocycles. The summed E-state index contributed by atoms with van der Waals surface area (Å²) in [5, 5.41) is 8.66. The van der Waals surface area contributed by atoms with Crippen LogP contribution < -0.4 is 0 Å². The van der Waals surface area contributed by atoms with Gasteiger partial charge >= 0.3 is 0 Å². The molecule has 2 rings (SSSR count). The number of hydrogen-bond acceptors (Lipinski definition) is 3. The number of nitrogens with zero attached hydrogens (tertiary/aromatic N) is 1. The Morgan fingerprint density at radius 3 is 2.58 bits per heavy atom. The first-order chi connectivity index (χ1) is 9.31. The number of hydrogen-bond donors (Lipinski definition) is 1. The van der Waals surface area contributed by atoms with Crippen LogP contribution in [0.4, 0.5) is 0 Å². The van der Waals surface area contributed by atoms with E-state index in [9.17, 15) is 4.79 Å². The van der Waals surface area contributed by atoms with Crippen molar-refractivity contribution < 1.29 is 9.90 Å². The topological polar surface area (TPSA) is 40.5 Å². The lowest BCUT2D eigenvalue weighted by molar-refractivity contribution is 0.0747. The molecule has 1 aliphatic rings. The minimum atomic E-state index is -0.146. The van der Waals surface area contributed by atoms with Gasteiger partial charge in [0.15, 0.2) is 0 Å². The van der Waals surface area contributed by atoms with Gasteiger partial charge in [0, 0.05) is 13.1 Å². The molecule has 1 fully saturated rings. The molecule has 1 amide bonds. The fourth-order valence-electron chi connectivity index (χ4n) is 2.25. The lowest BCUT2D eigenvalue weighted by Gasteiger charge is -2.24. The molecule has 1 saturated heterocycles. The van der Waals surface area contributed by atoms with Gasteiger partial charge in [-0.3, -0.25) is 4.79 Å². The molecular formula is C15H19NO2S. The Morgan fingerprint density at radius 1 is 1.21 bits per heavy atom. The molecule has 0 aromatic carbocycles. The third-order valence-corrected chi connectivity index (χ3v) is 4.24. The molecule has 0 spiro atoms. The number of carbonyl (C=O) groups is 1. The number of aliphatic hydroxyl groups is 1. The molecule has 1 aromatic rings. The van der Waals surface area contributed by atoms with Crippen LogP contribution in [0.1, 0.15) is 46.7 Å². The molecular weight excluding hydrogens is 258 g/mol. The van der Waals surface area contributed by atoms with Crippen molar-refractivity contribution in [2.75, 3.05) is 19.7 Å². The molecule has 0 radical (unpaired) electrons. The average molecular weight is 277 g/mol. The zero-order valence-corrected chi connectivity index (χ0v) is 11.8. The summed E-state index contributed by atoms with van der Waals surface area (Å²) in [5.41, 5.74) is 0. The Bertz CT molecular complexity index is 476. The van der Waals surface area contributed by atoms with Gasteiger partial charge in [0.25, 0.3) is 5.91 Å². The van der Waals surface area contributed by atoms with Gasteiger partial charge in [-0.1, -0.05) is 31.1 Å². The second-order valence-electron chi connectivity index (χ2n) is 4.68. The largest absolute Gasteiger partial charge is 0.384 e. The van der Waals surface area contributed by atoms with Gasteiger partial charge in [-0.05, 0) is 25.0 Å². The molecule has 0 bridgehead atoms. The van der Waals surface area contributed by atoms with E-state index in [0.29, 0.717) is 0 Å². The van der Waals surface area contributed by atoms with Crippen LogP contribution in [0.25, 0.3) is 0 Å². The molecule has 3 nitrogen and oxygen atoms in total. The van der Waals surface area contributed by atoms with Gasteiger partial charge in [0.1, 0.15) is 6.61 Å². The Balaban J connectivity index is 2.03. The summed E-state index contributed by atoms with van der Waals surface area (Å²) >= 11 is 1.41. The third-order valence-electron chi connectivity index (χ3n) is 3.25. The van der Waals surface area contributed by atoms with Crippen molar-refractivity contribution in [2.24, 2.45) is 0 Å². The van der Waals surface area contributed by atoms with Crippen LogP contribution in [0, 0.1) is 11.8 Å². The molecule has 0 atom stereocenters. The minimum Gasteiger partial charge on any atom is -0.384 e. The van der Waals surface area contributed by atoms with E-state index in [2.05, 4.69) is 11.8 Å². The highest BCUT2D eigenvalue weighted by atomic mass is 32.1. The van der Waals surface area contributed by atoms with Crippen molar-refractivity contribution in [2.45, 2.75) is 32.1 Å². The summed E-state index contributed by atoms with van der Waals surface area (Å²) in [7, 11) is 0. The van der Waals surface area contributed by atoms with Crippen molar-refractivity contribution >= 4 is 17.2 Å². The number of rotatable bonds is 1. The fourth-order valence-corrected chi connectivity index (χ4v) is 3.10. The predicted octanol–water partition coefficient (Wildman–Crippen LogP) is 2.50. The van der Waals surface area contributed by atoms with Crippen LogP contribution in [0.2, 0.25) is 0 Å². The highest BCUT2D eigenvalue weighted by molar-refractivity contribution is 7.14. The highest BCUT2D eigenvalue weighted by Gasteiger charge is 2.18. The zero-order valence-electron chi connectivity index (χ0n) is 11.0. The van der Waals surface area contributed by atoms with E-state index in [-0.39, 0.29) is 12.5 Å². The van der Waals surface area contributed by atoms with Gasteiger partial charge in [-0.15, -0.1) is 11.3 Å². The third kappa shape index (κ3) is 4.09. The van der Waals surface area contributed by atoms with Crippen LogP contribution in [-0.2, 0) is 0 Å². The maximum atomic E-state index is 12.4. The van der Waals surface area contributed by atoms with Crippen molar-refractivity contribution in [1.29, 1.82) is 0 Å². The molecule has 1 aromatic heterocycles. The smallest absolute Gasteiger partial charge is 0.263 e. The lowest BCUT2D eigenvalue weighted by atomic mass is 10.1. The van der Waals surface area contributed by atoms with Crippen LogP contribution in [0.15, 0.2) is 12.1 Å². The lowest BCUT2D eigenvalue weighted by Crippen LogP contribution is -2.33. The summed E-state index contributed by atoms with van der Waals surface area (Å²) in [5.74, 6) is 5.58. The van der Waals surface area contributed by atoms with Crippen molar-refractivity contribution in [3.63, 3.8) is 0 Å². The van der Waals surface area contributed by atoms with E-state index in [1.807, 2.05) is 17.0 Å². The maximum absolute atomic E-state index is 12.4. The predicted molar refractivity (Wildman–Crippen MR) is 77.3 cm³/mol. The highest BCUT2D eigenvalue weighted by Crippen LogP contribution is 2.19. The van der Waals surface area contributed by atoms with E-state index in [1.54, 1.807) is 0 Å². The average Bonchev–Trinajstić information content (AvgIpc) is 2.84. The molecule has 2 heterocycles. The first-order valence-electron chi connectivity index (χ1n) is 6.80. The second kappa shape index (κ2) is 7.32. The van der Waals surface area contributed by atoms with E-state index in [4.69, 9.17) is 5.11 Å². The van der Waals surface area contributed by atoms with Crippen molar-refractivity contribution in [1.82, 2.24) is 4.90 Å². The number of carbonyl (C=O) groups excluding carboxylic acids is 1. The molecule has 0 unspecified atom stereocenters. The maximum Gasteiger partial charge on any atom is 0.263 e. The Labute approximate surface area is 118 Å². The Morgan fingerprint density at radius 2 is 1.89 bits per heavy atom. The van der Waals surface area contributed by atoms with Gasteiger partial charge < -0.3 is 10.0 Å². The number of thiophene rings is 1. The van der Waals surface area contributed by atoms with Crippen LogP contribution in [0.3, 0.4) is 0 Å². The fraction of sp³-hybridized carbons (Fsp3) is 0.533. The first kappa shape index (κ1) is 14.1. The Kier molecular flexibility index (Phi) is 5.44. The monoisotopic (exact) mass is 277 g/mol. The molecule has 19 heavy (non-hydrogen) atoms. The standard InChI is InChI=1S/C15H19NO2S/c17-12-6-7-13-8-9-14(19-13)15(18)16-10-4-2-1-3-5-11-16/h8-9,17H,1-5,10-12H2. The quantitative estimate of drug-likeness (QED) is 0.801. The van der Waals surface area contributed by atoms with Crippen LogP contribution in [0.5, 0.6) is 0 Å². The molecule has 0 aliphatic carbocycles. The first-order valence-corrected chi connectivity index (χ1v) is 7.62. The van der Waals surface area contributed by atoms with E-state index in [1.165, 1.54) is 30.6 Å². The van der Waals surface area contributed by atoms with Crippen molar-refractivity contribution in [3.8, 4) is 11.8 Å². The number of likely N-dealkylation sites (tertiary alicyclic amines) is 1. The number of aliphatic hydroxyl groups excluding tert-OH is 1. The Hall–Kier alpha value is -1.31. The molecule has 1 aliphatic heterocycles. The zero-order chi connectivity index (χ0) is 13.5. The van der Waals surface area contributed by atoms with E-state index in [0.717, 1.165) is 35.7 Å². The minimum absolute atomic E-state index is 0.129. The number of amides is 1. The molecule has 4 heteroatoms. The summed E-state index contributed by atoms with van der Waals surface area (Å²) < 4.78 is 0. The van der Waals surface area contributed by atoms with Gasteiger partial charge in [-0.2, -0.15) is 0 Å². The van der Waals surface area contributed by atoms with Crippen LogP contribution >= 0.6 is 11.3 Å². The second-order valence-corrected chi connectivity index (χ2v) is 5.77. The van der Waals surface area contributed by atoms with Crippen LogP contribution in [-0.4, -0.2) is 35.6 Å². The normalized spacial score (nSPS) is 16.2.